The van der Waals surface area contributed by atoms with E-state index in [-0.39, 0.29) is 11.6 Å². The number of tetrazole rings is 1. The lowest BCUT2D eigenvalue weighted by atomic mass is 10.0. The zero-order valence-corrected chi connectivity index (χ0v) is 14.1. The van der Waals surface area contributed by atoms with Crippen LogP contribution in [0.5, 0.6) is 5.75 Å². The summed E-state index contributed by atoms with van der Waals surface area (Å²) in [5, 5.41) is 11.8. The Morgan fingerprint density at radius 2 is 1.80 bits per heavy atom. The highest BCUT2D eigenvalue weighted by Gasteiger charge is 2.12. The largest absolute Gasteiger partial charge is 0.494 e. The normalized spacial score (nSPS) is 10.8. The maximum atomic E-state index is 14.4. The van der Waals surface area contributed by atoms with E-state index in [0.717, 1.165) is 17.5 Å². The van der Waals surface area contributed by atoms with Crippen LogP contribution in [0.1, 0.15) is 6.42 Å². The Balaban J connectivity index is 1.85. The van der Waals surface area contributed by atoms with Crippen molar-refractivity contribution in [2.75, 3.05) is 20.8 Å². The summed E-state index contributed by atoms with van der Waals surface area (Å²) >= 11 is 0. The van der Waals surface area contributed by atoms with Crippen LogP contribution in [0.15, 0.2) is 42.5 Å². The first kappa shape index (κ1) is 17.0. The van der Waals surface area contributed by atoms with Gasteiger partial charge in [-0.2, -0.15) is 0 Å². The van der Waals surface area contributed by atoms with Gasteiger partial charge in [-0.3, -0.25) is 0 Å². The van der Waals surface area contributed by atoms with E-state index in [9.17, 15) is 4.39 Å². The quantitative estimate of drug-likeness (QED) is 0.617. The summed E-state index contributed by atoms with van der Waals surface area (Å²) in [5.41, 5.74) is 2.12. The summed E-state index contributed by atoms with van der Waals surface area (Å²) in [5.74, 6) is 0.527. The van der Waals surface area contributed by atoms with Gasteiger partial charge in [0.25, 0.3) is 0 Å². The molecule has 0 amide bonds. The second-order valence-electron chi connectivity index (χ2n) is 5.47. The zero-order chi connectivity index (χ0) is 17.6. The molecule has 0 N–H and O–H groups in total. The number of hydrogen-bond acceptors (Lipinski definition) is 5. The third-order valence-corrected chi connectivity index (χ3v) is 3.89. The Morgan fingerprint density at radius 1 is 1.04 bits per heavy atom. The van der Waals surface area contributed by atoms with Crippen molar-refractivity contribution in [2.24, 2.45) is 0 Å². The number of rotatable bonds is 7. The number of aromatic nitrogens is 4. The van der Waals surface area contributed by atoms with E-state index >= 15 is 0 Å². The van der Waals surface area contributed by atoms with Crippen molar-refractivity contribution in [3.63, 3.8) is 0 Å². The fraction of sp³-hybridized carbons (Fsp3) is 0.278. The second kappa shape index (κ2) is 7.85. The summed E-state index contributed by atoms with van der Waals surface area (Å²) in [7, 11) is 3.12. The summed E-state index contributed by atoms with van der Waals surface area (Å²) in [4.78, 5) is 0. The first-order valence-electron chi connectivity index (χ1n) is 7.93. The molecule has 0 spiro atoms. The lowest BCUT2D eigenvalue weighted by Gasteiger charge is -2.09. The van der Waals surface area contributed by atoms with Crippen LogP contribution in [0.4, 0.5) is 4.39 Å². The number of aryl methyl sites for hydroxylation is 1. The summed E-state index contributed by atoms with van der Waals surface area (Å²) in [6.07, 6.45) is 0.821. The summed E-state index contributed by atoms with van der Waals surface area (Å²) in [6.45, 7) is 1.32. The first-order chi connectivity index (χ1) is 12.2. The molecule has 0 aliphatic heterocycles. The molecule has 7 heteroatoms. The van der Waals surface area contributed by atoms with Crippen LogP contribution in [-0.2, 0) is 11.3 Å². The molecular formula is C18H19FN4O2. The van der Waals surface area contributed by atoms with Crippen molar-refractivity contribution in [1.82, 2.24) is 20.2 Å². The molecule has 0 fully saturated rings. The molecular weight excluding hydrogens is 323 g/mol. The van der Waals surface area contributed by atoms with Gasteiger partial charge in [-0.25, -0.2) is 9.07 Å². The van der Waals surface area contributed by atoms with Crippen molar-refractivity contribution in [1.29, 1.82) is 0 Å². The predicted molar refractivity (Wildman–Crippen MR) is 91.7 cm³/mol. The van der Waals surface area contributed by atoms with Gasteiger partial charge < -0.3 is 9.47 Å². The molecule has 1 aromatic heterocycles. The highest BCUT2D eigenvalue weighted by Crippen LogP contribution is 2.30. The van der Waals surface area contributed by atoms with E-state index in [2.05, 4.69) is 15.5 Å². The minimum absolute atomic E-state index is 0.226. The van der Waals surface area contributed by atoms with Crippen molar-refractivity contribution >= 4 is 0 Å². The molecule has 130 valence electrons. The summed E-state index contributed by atoms with van der Waals surface area (Å²) in [6, 6.07) is 12.5. The van der Waals surface area contributed by atoms with E-state index in [0.29, 0.717) is 24.5 Å². The van der Waals surface area contributed by atoms with Crippen LogP contribution >= 0.6 is 0 Å². The van der Waals surface area contributed by atoms with E-state index in [1.165, 1.54) is 7.11 Å². The van der Waals surface area contributed by atoms with E-state index < -0.39 is 0 Å². The highest BCUT2D eigenvalue weighted by molar-refractivity contribution is 5.69. The molecule has 0 atom stereocenters. The van der Waals surface area contributed by atoms with Crippen LogP contribution in [0.2, 0.25) is 0 Å². The molecule has 0 aliphatic rings. The Kier molecular flexibility index (Phi) is 5.35. The average Bonchev–Trinajstić information content (AvgIpc) is 3.11. The molecule has 3 rings (SSSR count). The molecule has 25 heavy (non-hydrogen) atoms. The molecule has 0 radical (unpaired) electrons. The van der Waals surface area contributed by atoms with Crippen LogP contribution in [0, 0.1) is 5.82 Å². The second-order valence-corrected chi connectivity index (χ2v) is 5.47. The van der Waals surface area contributed by atoms with Gasteiger partial charge in [0.15, 0.2) is 17.4 Å². The lowest BCUT2D eigenvalue weighted by Crippen LogP contribution is -2.05. The van der Waals surface area contributed by atoms with E-state index in [1.54, 1.807) is 30.0 Å². The van der Waals surface area contributed by atoms with Crippen molar-refractivity contribution in [2.45, 2.75) is 13.0 Å². The molecule has 2 aromatic carbocycles. The smallest absolute Gasteiger partial charge is 0.182 e. The first-order valence-corrected chi connectivity index (χ1v) is 7.93. The molecule has 0 bridgehead atoms. The van der Waals surface area contributed by atoms with Crippen LogP contribution in [-0.4, -0.2) is 41.0 Å². The molecule has 6 nitrogen and oxygen atoms in total. The van der Waals surface area contributed by atoms with Crippen molar-refractivity contribution in [3.05, 3.63) is 48.3 Å². The number of ether oxygens (including phenoxy) is 2. The third kappa shape index (κ3) is 3.66. The van der Waals surface area contributed by atoms with Crippen molar-refractivity contribution in [3.8, 4) is 28.3 Å². The van der Waals surface area contributed by atoms with Crippen LogP contribution in [0.3, 0.4) is 0 Å². The van der Waals surface area contributed by atoms with Crippen LogP contribution < -0.4 is 4.74 Å². The minimum Gasteiger partial charge on any atom is -0.494 e. The third-order valence-electron chi connectivity index (χ3n) is 3.89. The highest BCUT2D eigenvalue weighted by atomic mass is 19.1. The zero-order valence-electron chi connectivity index (χ0n) is 14.1. The van der Waals surface area contributed by atoms with Gasteiger partial charge >= 0.3 is 0 Å². The number of methoxy groups -OCH3 is 2. The fourth-order valence-electron chi connectivity index (χ4n) is 2.61. The Morgan fingerprint density at radius 3 is 2.52 bits per heavy atom. The number of halogens is 1. The number of benzene rings is 2. The Hall–Kier alpha value is -2.80. The van der Waals surface area contributed by atoms with Gasteiger partial charge in [0.2, 0.25) is 0 Å². The van der Waals surface area contributed by atoms with Crippen LogP contribution in [0.25, 0.3) is 22.5 Å². The average molecular weight is 342 g/mol. The van der Waals surface area contributed by atoms with Gasteiger partial charge in [0.1, 0.15) is 0 Å². The molecule has 3 aromatic rings. The van der Waals surface area contributed by atoms with Gasteiger partial charge in [-0.1, -0.05) is 36.4 Å². The lowest BCUT2D eigenvalue weighted by molar-refractivity contribution is 0.189. The fourth-order valence-corrected chi connectivity index (χ4v) is 2.61. The predicted octanol–water partition coefficient (Wildman–Crippen LogP) is 3.19. The van der Waals surface area contributed by atoms with Gasteiger partial charge in [0, 0.05) is 31.4 Å². The SMILES string of the molecule is COCCCn1nnnc1-c1ccc(-c2cccc(OC)c2F)cc1. The van der Waals surface area contributed by atoms with E-state index in [1.807, 2.05) is 24.3 Å². The number of nitrogens with zero attached hydrogens (tertiary/aromatic N) is 4. The topological polar surface area (TPSA) is 62.1 Å². The molecule has 0 aliphatic carbocycles. The molecule has 0 saturated carbocycles. The maximum Gasteiger partial charge on any atom is 0.182 e. The summed E-state index contributed by atoms with van der Waals surface area (Å²) < 4.78 is 26.2. The van der Waals surface area contributed by atoms with Gasteiger partial charge in [-0.05, 0) is 28.5 Å². The molecule has 0 saturated heterocycles. The Bertz CT molecular complexity index is 833. The molecule has 1 heterocycles. The van der Waals surface area contributed by atoms with Gasteiger partial charge in [0.05, 0.1) is 7.11 Å². The Labute approximate surface area is 145 Å². The monoisotopic (exact) mass is 342 g/mol. The minimum atomic E-state index is -0.373. The van der Waals surface area contributed by atoms with E-state index in [4.69, 9.17) is 9.47 Å². The molecule has 0 unspecified atom stereocenters. The maximum absolute atomic E-state index is 14.4. The van der Waals surface area contributed by atoms with Gasteiger partial charge in [-0.15, -0.1) is 5.10 Å². The standard InChI is InChI=1S/C18H19FN4O2/c1-24-12-4-11-23-18(20-21-22-23)14-9-7-13(8-10-14)15-5-3-6-16(25-2)17(15)19/h3,5-10H,4,11-12H2,1-2H3. The van der Waals surface area contributed by atoms with Crippen molar-refractivity contribution < 1.29 is 13.9 Å². The number of hydrogen-bond donors (Lipinski definition) is 0.